The molecular formula is C9H7FN2O6S. The Kier molecular flexibility index (Phi) is 4.43. The molecule has 2 rings (SSSR count). The van der Waals surface area contributed by atoms with Gasteiger partial charge in [0.1, 0.15) is 11.3 Å². The molecule has 19 heavy (non-hydrogen) atoms. The van der Waals surface area contributed by atoms with Crippen LogP contribution in [0, 0.1) is 15.9 Å². The molecule has 0 radical (unpaired) electrons. The highest BCUT2D eigenvalue weighted by Gasteiger charge is 2.14. The predicted molar refractivity (Wildman–Crippen MR) is 62.5 cm³/mol. The second-order valence-electron chi connectivity index (χ2n) is 3.20. The third-order valence-electron chi connectivity index (χ3n) is 1.85. The van der Waals surface area contributed by atoms with E-state index < -0.39 is 21.1 Å². The van der Waals surface area contributed by atoms with Crippen LogP contribution in [0.2, 0.25) is 0 Å². The van der Waals surface area contributed by atoms with E-state index in [0.29, 0.717) is 5.39 Å². The van der Waals surface area contributed by atoms with E-state index in [-0.39, 0.29) is 11.2 Å². The summed E-state index contributed by atoms with van der Waals surface area (Å²) in [5, 5.41) is 11.0. The number of halogens is 1. The molecule has 2 N–H and O–H groups in total. The van der Waals surface area contributed by atoms with E-state index in [2.05, 4.69) is 4.98 Å². The maximum absolute atomic E-state index is 12.9. The normalized spacial score (nSPS) is 10.7. The Balaban J connectivity index is 0.000000312. The predicted octanol–water partition coefficient (Wildman–Crippen LogP) is 1.63. The Hall–Kier alpha value is -2.17. The monoisotopic (exact) mass is 290 g/mol. The molecule has 0 atom stereocenters. The van der Waals surface area contributed by atoms with Crippen molar-refractivity contribution >= 4 is 27.0 Å². The largest absolute Gasteiger partial charge is 0.394 e. The van der Waals surface area contributed by atoms with Crippen molar-refractivity contribution in [1.82, 2.24) is 4.98 Å². The maximum atomic E-state index is 12.9. The van der Waals surface area contributed by atoms with Gasteiger partial charge in [0.05, 0.1) is 11.0 Å². The quantitative estimate of drug-likeness (QED) is 0.463. The summed E-state index contributed by atoms with van der Waals surface area (Å²) in [7, 11) is -4.67. The van der Waals surface area contributed by atoms with Crippen molar-refractivity contribution < 1.29 is 26.8 Å². The number of nitro groups is 1. The van der Waals surface area contributed by atoms with Gasteiger partial charge in [-0.25, -0.2) is 9.37 Å². The number of aromatic nitrogens is 1. The van der Waals surface area contributed by atoms with Crippen LogP contribution >= 0.6 is 0 Å². The zero-order valence-corrected chi connectivity index (χ0v) is 9.91. The van der Waals surface area contributed by atoms with Crippen LogP contribution in [0.25, 0.3) is 10.9 Å². The topological polar surface area (TPSA) is 131 Å². The van der Waals surface area contributed by atoms with Gasteiger partial charge in [0, 0.05) is 11.6 Å². The summed E-state index contributed by atoms with van der Waals surface area (Å²) in [4.78, 5) is 13.8. The van der Waals surface area contributed by atoms with Crippen molar-refractivity contribution in [2.24, 2.45) is 0 Å². The highest BCUT2D eigenvalue weighted by atomic mass is 32.3. The number of hydrogen-bond acceptors (Lipinski definition) is 5. The number of rotatable bonds is 1. The second-order valence-corrected chi connectivity index (χ2v) is 4.10. The van der Waals surface area contributed by atoms with Gasteiger partial charge in [-0.1, -0.05) is 6.07 Å². The smallest absolute Gasteiger partial charge is 0.264 e. The van der Waals surface area contributed by atoms with Crippen molar-refractivity contribution in [3.8, 4) is 0 Å². The molecule has 102 valence electrons. The Labute approximate surface area is 106 Å². The van der Waals surface area contributed by atoms with E-state index in [1.807, 2.05) is 0 Å². The molecule has 0 aliphatic rings. The average Bonchev–Trinajstić information content (AvgIpc) is 2.25. The number of pyridine rings is 1. The van der Waals surface area contributed by atoms with Gasteiger partial charge in [-0.15, -0.1) is 0 Å². The minimum atomic E-state index is -4.67. The fraction of sp³-hybridized carbons (Fsp3) is 0. The van der Waals surface area contributed by atoms with E-state index in [9.17, 15) is 14.5 Å². The first-order valence-electron chi connectivity index (χ1n) is 4.57. The van der Waals surface area contributed by atoms with Crippen molar-refractivity contribution in [2.75, 3.05) is 0 Å². The molecule has 0 saturated carbocycles. The molecule has 1 aromatic carbocycles. The molecule has 1 heterocycles. The van der Waals surface area contributed by atoms with Crippen molar-refractivity contribution in [1.29, 1.82) is 0 Å². The Morgan fingerprint density at radius 3 is 2.42 bits per heavy atom. The first-order chi connectivity index (χ1) is 8.68. The van der Waals surface area contributed by atoms with E-state index in [1.54, 1.807) is 12.1 Å². The Morgan fingerprint density at radius 1 is 1.32 bits per heavy atom. The number of nitro benzene ring substituents is 1. The van der Waals surface area contributed by atoms with E-state index in [1.165, 1.54) is 12.3 Å². The minimum absolute atomic E-state index is 0.207. The average molecular weight is 290 g/mol. The summed E-state index contributed by atoms with van der Waals surface area (Å²) in [6, 6.07) is 5.27. The Morgan fingerprint density at radius 2 is 1.89 bits per heavy atom. The highest BCUT2D eigenvalue weighted by Crippen LogP contribution is 2.24. The Bertz CT molecular complexity index is 710. The van der Waals surface area contributed by atoms with Crippen LogP contribution in [0.1, 0.15) is 0 Å². The SMILES string of the molecule is O=S(=O)(O)O.O=[N+]([O-])c1cc(F)cc2cccnc12. The standard InChI is InChI=1S/C9H5FN2O2.H2O4S/c10-7-4-6-2-1-3-11-9(6)8(5-7)12(13)14;1-5(2,3)4/h1-5H;(H2,1,2,3,4). The summed E-state index contributed by atoms with van der Waals surface area (Å²) in [6.45, 7) is 0. The van der Waals surface area contributed by atoms with Crippen LogP contribution in [0.5, 0.6) is 0 Å². The third-order valence-corrected chi connectivity index (χ3v) is 1.85. The molecule has 0 spiro atoms. The molecule has 0 amide bonds. The van der Waals surface area contributed by atoms with Gasteiger partial charge < -0.3 is 0 Å². The second kappa shape index (κ2) is 5.65. The molecule has 0 aliphatic heterocycles. The van der Waals surface area contributed by atoms with Gasteiger partial charge in [0.15, 0.2) is 0 Å². The minimum Gasteiger partial charge on any atom is -0.264 e. The zero-order valence-electron chi connectivity index (χ0n) is 9.09. The molecule has 0 unspecified atom stereocenters. The molecule has 0 aliphatic carbocycles. The lowest BCUT2D eigenvalue weighted by molar-refractivity contribution is -0.383. The third kappa shape index (κ3) is 4.91. The van der Waals surface area contributed by atoms with Gasteiger partial charge in [-0.05, 0) is 12.1 Å². The van der Waals surface area contributed by atoms with Crippen LogP contribution < -0.4 is 0 Å². The van der Waals surface area contributed by atoms with E-state index in [4.69, 9.17) is 17.5 Å². The number of benzene rings is 1. The number of non-ortho nitro benzene ring substituents is 1. The number of hydrogen-bond donors (Lipinski definition) is 2. The fourth-order valence-corrected chi connectivity index (χ4v) is 1.28. The van der Waals surface area contributed by atoms with Crippen LogP contribution in [0.15, 0.2) is 30.5 Å². The first kappa shape index (κ1) is 14.9. The van der Waals surface area contributed by atoms with E-state index in [0.717, 1.165) is 6.07 Å². The summed E-state index contributed by atoms with van der Waals surface area (Å²) in [5.41, 5.74) is -0.0977. The lowest BCUT2D eigenvalue weighted by Crippen LogP contribution is -1.92. The molecule has 0 saturated heterocycles. The fourth-order valence-electron chi connectivity index (χ4n) is 1.28. The molecule has 0 bridgehead atoms. The maximum Gasteiger partial charge on any atom is 0.394 e. The van der Waals surface area contributed by atoms with Gasteiger partial charge >= 0.3 is 10.4 Å². The van der Waals surface area contributed by atoms with Crippen molar-refractivity contribution in [2.45, 2.75) is 0 Å². The van der Waals surface area contributed by atoms with Crippen LogP contribution in [-0.4, -0.2) is 27.4 Å². The van der Waals surface area contributed by atoms with Gasteiger partial charge in [0.2, 0.25) is 0 Å². The molecule has 10 heteroatoms. The summed E-state index contributed by atoms with van der Waals surface area (Å²) in [6.07, 6.45) is 1.44. The number of fused-ring (bicyclic) bond motifs is 1. The van der Waals surface area contributed by atoms with Crippen molar-refractivity contribution in [3.05, 3.63) is 46.4 Å². The van der Waals surface area contributed by atoms with E-state index >= 15 is 0 Å². The lowest BCUT2D eigenvalue weighted by Gasteiger charge is -1.97. The van der Waals surface area contributed by atoms with Gasteiger partial charge in [-0.2, -0.15) is 8.42 Å². The van der Waals surface area contributed by atoms with Gasteiger partial charge in [0.25, 0.3) is 5.69 Å². The van der Waals surface area contributed by atoms with Gasteiger partial charge in [-0.3, -0.25) is 19.2 Å². The van der Waals surface area contributed by atoms with Crippen molar-refractivity contribution in [3.63, 3.8) is 0 Å². The molecule has 2 aromatic rings. The van der Waals surface area contributed by atoms with Crippen LogP contribution in [0.4, 0.5) is 10.1 Å². The molecular weight excluding hydrogens is 283 g/mol. The summed E-state index contributed by atoms with van der Waals surface area (Å²) >= 11 is 0. The molecule has 1 aromatic heterocycles. The molecule has 8 nitrogen and oxygen atoms in total. The zero-order chi connectivity index (χ0) is 14.6. The lowest BCUT2D eigenvalue weighted by atomic mass is 10.2. The highest BCUT2D eigenvalue weighted by molar-refractivity contribution is 7.79. The van der Waals surface area contributed by atoms with Crippen LogP contribution in [-0.2, 0) is 10.4 Å². The summed E-state index contributed by atoms with van der Waals surface area (Å²) < 4.78 is 44.5. The van der Waals surface area contributed by atoms with Crippen LogP contribution in [0.3, 0.4) is 0 Å². The summed E-state index contributed by atoms with van der Waals surface area (Å²) in [5.74, 6) is -0.628. The molecule has 0 fully saturated rings. The number of nitrogens with zero attached hydrogens (tertiary/aromatic N) is 2. The first-order valence-corrected chi connectivity index (χ1v) is 5.97.